The van der Waals surface area contributed by atoms with Gasteiger partial charge in [-0.15, -0.1) is 0 Å². The van der Waals surface area contributed by atoms with Gasteiger partial charge < -0.3 is 9.47 Å². The van der Waals surface area contributed by atoms with E-state index >= 15 is 0 Å². The van der Waals surface area contributed by atoms with E-state index in [4.69, 9.17) is 4.74 Å². The summed E-state index contributed by atoms with van der Waals surface area (Å²) in [5.41, 5.74) is 0. The number of hydrogen-bond acceptors (Lipinski definition) is 3. The minimum absolute atomic E-state index is 0.0515. The first kappa shape index (κ1) is 12.6. The lowest BCUT2D eigenvalue weighted by Gasteiger charge is -2.09. The number of rotatable bonds is 6. The molecule has 0 saturated heterocycles. The zero-order valence-corrected chi connectivity index (χ0v) is 9.81. The van der Waals surface area contributed by atoms with E-state index in [0.29, 0.717) is 6.61 Å². The van der Waals surface area contributed by atoms with Gasteiger partial charge in [0.05, 0.1) is 19.6 Å². The highest BCUT2D eigenvalue weighted by Gasteiger charge is 2.11. The second kappa shape index (κ2) is 6.88. The van der Waals surface area contributed by atoms with Crippen molar-refractivity contribution in [3.63, 3.8) is 0 Å². The average Bonchev–Trinajstić information content (AvgIpc) is 2.34. The minimum Gasteiger partial charge on any atom is -0.494 e. The Morgan fingerprint density at radius 1 is 1.31 bits per heavy atom. The van der Waals surface area contributed by atoms with E-state index in [0.717, 1.165) is 18.6 Å². The lowest BCUT2D eigenvalue weighted by molar-refractivity contribution is -0.145. The quantitative estimate of drug-likeness (QED) is 0.548. The van der Waals surface area contributed by atoms with Crippen LogP contribution in [0.1, 0.15) is 19.8 Å². The predicted molar refractivity (Wildman–Crippen MR) is 62.4 cm³/mol. The van der Waals surface area contributed by atoms with Gasteiger partial charge in [0, 0.05) is 0 Å². The summed E-state index contributed by atoms with van der Waals surface area (Å²) in [6.45, 7) is 2.50. The van der Waals surface area contributed by atoms with Crippen molar-refractivity contribution in [1.82, 2.24) is 0 Å². The van der Waals surface area contributed by atoms with Crippen LogP contribution in [-0.4, -0.2) is 19.7 Å². The topological polar surface area (TPSA) is 35.5 Å². The van der Waals surface area contributed by atoms with Crippen molar-refractivity contribution in [3.8, 4) is 5.75 Å². The molecule has 0 aliphatic rings. The number of methoxy groups -OCH3 is 1. The molecule has 0 aromatic heterocycles. The van der Waals surface area contributed by atoms with Crippen LogP contribution >= 0.6 is 0 Å². The standard InChI is InChI=1S/C13H18O3/c1-11(13(14)15-2)7-6-10-16-12-8-4-3-5-9-12/h3-5,8-9,11H,6-7,10H2,1-2H3. The fourth-order valence-electron chi connectivity index (χ4n) is 1.42. The van der Waals surface area contributed by atoms with E-state index in [1.807, 2.05) is 37.3 Å². The van der Waals surface area contributed by atoms with Crippen molar-refractivity contribution in [2.75, 3.05) is 13.7 Å². The van der Waals surface area contributed by atoms with Gasteiger partial charge in [-0.3, -0.25) is 4.79 Å². The maximum Gasteiger partial charge on any atom is 0.308 e. The van der Waals surface area contributed by atoms with Gasteiger partial charge in [0.25, 0.3) is 0 Å². The molecule has 0 amide bonds. The Balaban J connectivity index is 2.15. The molecule has 1 atom stereocenters. The Morgan fingerprint density at radius 2 is 2.00 bits per heavy atom. The molecule has 0 fully saturated rings. The summed E-state index contributed by atoms with van der Waals surface area (Å²) in [6.07, 6.45) is 1.64. The molecule has 0 radical (unpaired) electrons. The number of carbonyl (C=O) groups excluding carboxylic acids is 1. The Bertz CT molecular complexity index is 308. The zero-order chi connectivity index (χ0) is 11.8. The van der Waals surface area contributed by atoms with Gasteiger partial charge in [-0.25, -0.2) is 0 Å². The van der Waals surface area contributed by atoms with Gasteiger partial charge in [0.15, 0.2) is 0 Å². The molecule has 0 aliphatic heterocycles. The summed E-state index contributed by atoms with van der Waals surface area (Å²) in [5.74, 6) is 0.664. The first-order valence-electron chi connectivity index (χ1n) is 5.49. The minimum atomic E-state index is -0.153. The van der Waals surface area contributed by atoms with E-state index in [9.17, 15) is 4.79 Å². The summed E-state index contributed by atoms with van der Waals surface area (Å²) >= 11 is 0. The van der Waals surface area contributed by atoms with Crippen LogP contribution in [0.4, 0.5) is 0 Å². The third kappa shape index (κ3) is 4.34. The van der Waals surface area contributed by atoms with Crippen molar-refractivity contribution in [2.45, 2.75) is 19.8 Å². The monoisotopic (exact) mass is 222 g/mol. The van der Waals surface area contributed by atoms with Gasteiger partial charge in [-0.05, 0) is 25.0 Å². The van der Waals surface area contributed by atoms with Crippen LogP contribution in [0.2, 0.25) is 0 Å². The van der Waals surface area contributed by atoms with Gasteiger partial charge in [-0.1, -0.05) is 25.1 Å². The highest BCUT2D eigenvalue weighted by molar-refractivity contribution is 5.71. The third-order valence-electron chi connectivity index (χ3n) is 2.40. The first-order valence-corrected chi connectivity index (χ1v) is 5.49. The van der Waals surface area contributed by atoms with Crippen molar-refractivity contribution < 1.29 is 14.3 Å². The Morgan fingerprint density at radius 3 is 2.62 bits per heavy atom. The predicted octanol–water partition coefficient (Wildman–Crippen LogP) is 2.65. The van der Waals surface area contributed by atoms with Crippen molar-refractivity contribution in [2.24, 2.45) is 5.92 Å². The second-order valence-corrected chi connectivity index (χ2v) is 3.73. The normalized spacial score (nSPS) is 11.9. The van der Waals surface area contributed by atoms with Crippen LogP contribution in [0.25, 0.3) is 0 Å². The lowest BCUT2D eigenvalue weighted by Crippen LogP contribution is -2.13. The molecule has 0 N–H and O–H groups in total. The van der Waals surface area contributed by atoms with Gasteiger partial charge in [-0.2, -0.15) is 0 Å². The molecule has 1 aromatic rings. The molecule has 1 unspecified atom stereocenters. The van der Waals surface area contributed by atoms with Crippen LogP contribution in [0.3, 0.4) is 0 Å². The summed E-state index contributed by atoms with van der Waals surface area (Å²) < 4.78 is 10.2. The maximum absolute atomic E-state index is 11.1. The molecule has 3 nitrogen and oxygen atoms in total. The molecule has 1 rings (SSSR count). The maximum atomic E-state index is 11.1. The second-order valence-electron chi connectivity index (χ2n) is 3.73. The number of esters is 1. The molecule has 88 valence electrons. The fraction of sp³-hybridized carbons (Fsp3) is 0.462. The van der Waals surface area contributed by atoms with Crippen LogP contribution in [0, 0.1) is 5.92 Å². The fourth-order valence-corrected chi connectivity index (χ4v) is 1.42. The average molecular weight is 222 g/mol. The summed E-state index contributed by atoms with van der Waals surface area (Å²) in [4.78, 5) is 11.1. The SMILES string of the molecule is COC(=O)C(C)CCCOc1ccccc1. The van der Waals surface area contributed by atoms with Gasteiger partial charge >= 0.3 is 5.97 Å². The Labute approximate surface area is 96.4 Å². The summed E-state index contributed by atoms with van der Waals surface area (Å²) in [5, 5.41) is 0. The van der Waals surface area contributed by atoms with Crippen molar-refractivity contribution >= 4 is 5.97 Å². The number of benzene rings is 1. The Kier molecular flexibility index (Phi) is 5.40. The van der Waals surface area contributed by atoms with Gasteiger partial charge in [0.1, 0.15) is 5.75 Å². The lowest BCUT2D eigenvalue weighted by atomic mass is 10.1. The first-order chi connectivity index (χ1) is 7.74. The van der Waals surface area contributed by atoms with E-state index in [-0.39, 0.29) is 11.9 Å². The smallest absolute Gasteiger partial charge is 0.308 e. The summed E-state index contributed by atoms with van der Waals surface area (Å²) in [7, 11) is 1.42. The molecule has 0 heterocycles. The van der Waals surface area contributed by atoms with Crippen LogP contribution in [-0.2, 0) is 9.53 Å². The number of hydrogen-bond donors (Lipinski definition) is 0. The van der Waals surface area contributed by atoms with Crippen LogP contribution in [0.15, 0.2) is 30.3 Å². The highest BCUT2D eigenvalue weighted by atomic mass is 16.5. The molecule has 3 heteroatoms. The highest BCUT2D eigenvalue weighted by Crippen LogP contribution is 2.11. The third-order valence-corrected chi connectivity index (χ3v) is 2.40. The largest absolute Gasteiger partial charge is 0.494 e. The van der Waals surface area contributed by atoms with Crippen molar-refractivity contribution in [1.29, 1.82) is 0 Å². The molecule has 16 heavy (non-hydrogen) atoms. The molecule has 0 spiro atoms. The Hall–Kier alpha value is -1.51. The van der Waals surface area contributed by atoms with Crippen LogP contribution in [0.5, 0.6) is 5.75 Å². The van der Waals surface area contributed by atoms with Gasteiger partial charge in [0.2, 0.25) is 0 Å². The van der Waals surface area contributed by atoms with E-state index in [1.165, 1.54) is 7.11 Å². The number of carbonyl (C=O) groups is 1. The van der Waals surface area contributed by atoms with E-state index in [2.05, 4.69) is 4.74 Å². The number of ether oxygens (including phenoxy) is 2. The molecular formula is C13H18O3. The summed E-state index contributed by atoms with van der Waals surface area (Å²) in [6, 6.07) is 9.67. The molecule has 1 aromatic carbocycles. The van der Waals surface area contributed by atoms with Crippen molar-refractivity contribution in [3.05, 3.63) is 30.3 Å². The molecule has 0 aliphatic carbocycles. The van der Waals surface area contributed by atoms with E-state index in [1.54, 1.807) is 0 Å². The molecule has 0 bridgehead atoms. The molecule has 0 saturated carbocycles. The zero-order valence-electron chi connectivity index (χ0n) is 9.81. The van der Waals surface area contributed by atoms with Crippen LogP contribution < -0.4 is 4.74 Å². The van der Waals surface area contributed by atoms with E-state index < -0.39 is 0 Å². The molecular weight excluding hydrogens is 204 g/mol. The number of para-hydroxylation sites is 1.